The second-order valence-electron chi connectivity index (χ2n) is 4.36. The molecule has 0 bridgehead atoms. The third kappa shape index (κ3) is 6.25. The molecule has 5 heteroatoms. The molecular weight excluding hydrogens is 220 g/mol. The van der Waals surface area contributed by atoms with Gasteiger partial charge in [-0.3, -0.25) is 0 Å². The first-order chi connectivity index (χ1) is 8.22. The number of unbranched alkanes of at least 4 members (excludes halogenated alkanes) is 2. The molecule has 1 N–H and O–H groups in total. The number of carbonyl (C=O) groups is 1. The Bertz CT molecular complexity index is 267. The maximum Gasteiger partial charge on any atom is 0.329 e. The minimum atomic E-state index is -0.899. The van der Waals surface area contributed by atoms with Crippen LogP contribution in [0.25, 0.3) is 0 Å². The van der Waals surface area contributed by atoms with Gasteiger partial charge in [0.2, 0.25) is 0 Å². The number of piperidine rings is 1. The molecule has 1 rings (SSSR count). The molecule has 1 fully saturated rings. The Morgan fingerprint density at radius 2 is 2.12 bits per heavy atom. The minimum absolute atomic E-state index is 0.0986. The van der Waals surface area contributed by atoms with E-state index in [-0.39, 0.29) is 12.7 Å². The maximum absolute atomic E-state index is 10.3. The van der Waals surface area contributed by atoms with E-state index in [2.05, 4.69) is 11.0 Å². The van der Waals surface area contributed by atoms with Gasteiger partial charge in [-0.05, 0) is 32.2 Å². The van der Waals surface area contributed by atoms with Crippen molar-refractivity contribution in [3.05, 3.63) is 0 Å². The molecule has 0 aliphatic carbocycles. The predicted molar refractivity (Wildman–Crippen MR) is 62.5 cm³/mol. The van der Waals surface area contributed by atoms with E-state index >= 15 is 0 Å². The molecular formula is C12H20N2O3. The molecule has 17 heavy (non-hydrogen) atoms. The Hall–Kier alpha value is -1.12. The number of carboxylic acids is 1. The molecule has 0 aromatic carbocycles. The summed E-state index contributed by atoms with van der Waals surface area (Å²) in [4.78, 5) is 12.7. The Balaban J connectivity index is 2.05. The van der Waals surface area contributed by atoms with Gasteiger partial charge in [-0.25, -0.2) is 4.79 Å². The van der Waals surface area contributed by atoms with E-state index in [0.29, 0.717) is 6.42 Å². The van der Waals surface area contributed by atoms with Gasteiger partial charge in [0.15, 0.2) is 0 Å². The minimum Gasteiger partial charge on any atom is -0.480 e. The molecule has 0 radical (unpaired) electrons. The van der Waals surface area contributed by atoms with Gasteiger partial charge in [-0.1, -0.05) is 0 Å². The fourth-order valence-electron chi connectivity index (χ4n) is 2.03. The van der Waals surface area contributed by atoms with E-state index < -0.39 is 5.97 Å². The summed E-state index contributed by atoms with van der Waals surface area (Å²) in [5.74, 6) is -0.899. The van der Waals surface area contributed by atoms with Crippen LogP contribution in [0, 0.1) is 11.3 Å². The highest BCUT2D eigenvalue weighted by atomic mass is 16.5. The van der Waals surface area contributed by atoms with Crippen LogP contribution in [-0.4, -0.2) is 48.3 Å². The lowest BCUT2D eigenvalue weighted by atomic mass is 10.1. The Labute approximate surface area is 102 Å². The van der Waals surface area contributed by atoms with Crippen molar-refractivity contribution in [2.75, 3.05) is 26.2 Å². The summed E-state index contributed by atoms with van der Waals surface area (Å²) in [6.45, 7) is 2.79. The first kappa shape index (κ1) is 13.9. The van der Waals surface area contributed by atoms with Crippen LogP contribution < -0.4 is 0 Å². The number of ether oxygens (including phenoxy) is 1. The third-order valence-corrected chi connectivity index (χ3v) is 2.99. The van der Waals surface area contributed by atoms with E-state index in [1.165, 1.54) is 0 Å². The van der Waals surface area contributed by atoms with E-state index in [1.54, 1.807) is 0 Å². The van der Waals surface area contributed by atoms with Gasteiger partial charge in [-0.15, -0.1) is 0 Å². The number of carboxylic acid groups (broad SMARTS) is 1. The summed E-state index contributed by atoms with van der Waals surface area (Å²) < 4.78 is 5.27. The molecule has 96 valence electrons. The maximum atomic E-state index is 10.3. The highest BCUT2D eigenvalue weighted by Gasteiger charge is 2.19. The Morgan fingerprint density at radius 3 is 2.71 bits per heavy atom. The van der Waals surface area contributed by atoms with Crippen LogP contribution in [0.4, 0.5) is 0 Å². The van der Waals surface area contributed by atoms with Crippen LogP contribution in [0.3, 0.4) is 0 Å². The summed E-state index contributed by atoms with van der Waals surface area (Å²) in [6.07, 6.45) is 4.58. The second-order valence-corrected chi connectivity index (χ2v) is 4.36. The number of aliphatic carboxylic acids is 1. The van der Waals surface area contributed by atoms with Crippen LogP contribution in [0.2, 0.25) is 0 Å². The quantitative estimate of drug-likeness (QED) is 0.678. The van der Waals surface area contributed by atoms with E-state index in [0.717, 1.165) is 45.3 Å². The predicted octanol–water partition coefficient (Wildman–Crippen LogP) is 1.25. The van der Waals surface area contributed by atoms with Gasteiger partial charge in [-0.2, -0.15) is 5.26 Å². The van der Waals surface area contributed by atoms with Gasteiger partial charge in [0.25, 0.3) is 0 Å². The number of hydrogen-bond donors (Lipinski definition) is 1. The smallest absolute Gasteiger partial charge is 0.329 e. The molecule has 1 saturated heterocycles. The molecule has 0 saturated carbocycles. The molecule has 1 aliphatic rings. The van der Waals surface area contributed by atoms with Crippen LogP contribution in [0.1, 0.15) is 32.1 Å². The van der Waals surface area contributed by atoms with Crippen LogP contribution in [0.15, 0.2) is 0 Å². The van der Waals surface area contributed by atoms with Gasteiger partial charge in [0.05, 0.1) is 12.2 Å². The number of likely N-dealkylation sites (tertiary alicyclic amines) is 1. The molecule has 0 unspecified atom stereocenters. The van der Waals surface area contributed by atoms with Crippen molar-refractivity contribution >= 4 is 5.97 Å². The van der Waals surface area contributed by atoms with Gasteiger partial charge < -0.3 is 14.7 Å². The van der Waals surface area contributed by atoms with Crippen molar-refractivity contribution in [1.82, 2.24) is 4.90 Å². The number of hydrogen-bond acceptors (Lipinski definition) is 4. The van der Waals surface area contributed by atoms with Gasteiger partial charge >= 0.3 is 5.97 Å². The zero-order valence-electron chi connectivity index (χ0n) is 10.1. The van der Waals surface area contributed by atoms with Gasteiger partial charge in [0, 0.05) is 19.5 Å². The van der Waals surface area contributed by atoms with Crippen molar-refractivity contribution in [1.29, 1.82) is 5.26 Å². The monoisotopic (exact) mass is 240 g/mol. The zero-order valence-corrected chi connectivity index (χ0v) is 10.1. The lowest BCUT2D eigenvalue weighted by Crippen LogP contribution is -2.38. The van der Waals surface area contributed by atoms with E-state index in [1.807, 2.05) is 0 Å². The Morgan fingerprint density at radius 1 is 1.41 bits per heavy atom. The van der Waals surface area contributed by atoms with E-state index in [9.17, 15) is 4.79 Å². The standard InChI is InChI=1S/C12H20N2O3/c13-6-2-1-3-7-14-8-4-11(5-9-14)17-10-12(15)16/h11H,1-5,7-10H2,(H,15,16). The van der Waals surface area contributed by atoms with Crippen molar-refractivity contribution in [3.63, 3.8) is 0 Å². The lowest BCUT2D eigenvalue weighted by Gasteiger charge is -2.31. The topological polar surface area (TPSA) is 73.6 Å². The summed E-state index contributed by atoms with van der Waals surface area (Å²) in [5.41, 5.74) is 0. The molecule has 1 aliphatic heterocycles. The summed E-state index contributed by atoms with van der Waals surface area (Å²) in [7, 11) is 0. The first-order valence-corrected chi connectivity index (χ1v) is 6.15. The van der Waals surface area contributed by atoms with Gasteiger partial charge in [0.1, 0.15) is 6.61 Å². The summed E-state index contributed by atoms with van der Waals surface area (Å²) in [5, 5.41) is 16.9. The largest absolute Gasteiger partial charge is 0.480 e. The zero-order chi connectivity index (χ0) is 12.5. The SMILES string of the molecule is N#CCCCCN1CCC(OCC(=O)O)CC1. The molecule has 0 spiro atoms. The first-order valence-electron chi connectivity index (χ1n) is 6.15. The number of nitriles is 1. The fourth-order valence-corrected chi connectivity index (χ4v) is 2.03. The molecule has 0 aromatic rings. The fraction of sp³-hybridized carbons (Fsp3) is 0.833. The van der Waals surface area contributed by atoms with Crippen molar-refractivity contribution in [2.24, 2.45) is 0 Å². The highest BCUT2D eigenvalue weighted by molar-refractivity contribution is 5.68. The molecule has 0 atom stereocenters. The van der Waals surface area contributed by atoms with E-state index in [4.69, 9.17) is 15.1 Å². The third-order valence-electron chi connectivity index (χ3n) is 2.99. The van der Waals surface area contributed by atoms with Crippen molar-refractivity contribution in [3.8, 4) is 6.07 Å². The summed E-state index contributed by atoms with van der Waals surface area (Å²) >= 11 is 0. The molecule has 1 heterocycles. The average molecular weight is 240 g/mol. The lowest BCUT2D eigenvalue weighted by molar-refractivity contribution is -0.145. The van der Waals surface area contributed by atoms with Crippen LogP contribution in [-0.2, 0) is 9.53 Å². The molecule has 0 amide bonds. The van der Waals surface area contributed by atoms with Crippen molar-refractivity contribution < 1.29 is 14.6 Å². The normalized spacial score (nSPS) is 17.8. The summed E-state index contributed by atoms with van der Waals surface area (Å²) in [6, 6.07) is 2.15. The van der Waals surface area contributed by atoms with Crippen LogP contribution in [0.5, 0.6) is 0 Å². The number of nitrogens with zero attached hydrogens (tertiary/aromatic N) is 2. The van der Waals surface area contributed by atoms with Crippen LogP contribution >= 0.6 is 0 Å². The Kier molecular flexibility index (Phi) is 6.60. The number of rotatable bonds is 7. The van der Waals surface area contributed by atoms with Crippen molar-refractivity contribution in [2.45, 2.75) is 38.2 Å². The highest BCUT2D eigenvalue weighted by Crippen LogP contribution is 2.14. The molecule has 0 aromatic heterocycles. The average Bonchev–Trinajstić information content (AvgIpc) is 2.33. The molecule has 5 nitrogen and oxygen atoms in total. The second kappa shape index (κ2) is 8.04.